The van der Waals surface area contributed by atoms with Crippen molar-refractivity contribution in [1.29, 1.82) is 0 Å². The highest BCUT2D eigenvalue weighted by atomic mass is 19.1. The molecule has 0 saturated carbocycles. The number of hydrogen-bond acceptors (Lipinski definition) is 4. The van der Waals surface area contributed by atoms with Crippen LogP contribution in [0.25, 0.3) is 0 Å². The van der Waals surface area contributed by atoms with Crippen LogP contribution in [0.3, 0.4) is 0 Å². The molecule has 0 aromatic rings. The van der Waals surface area contributed by atoms with Gasteiger partial charge in [0.05, 0.1) is 6.54 Å². The van der Waals surface area contributed by atoms with Gasteiger partial charge in [0.25, 0.3) is 0 Å². The molecular weight excluding hydrogens is 187 g/mol. The first-order chi connectivity index (χ1) is 6.76. The summed E-state index contributed by atoms with van der Waals surface area (Å²) in [5.41, 5.74) is 5.38. The molecule has 0 bridgehead atoms. The number of nitrogens with zero attached hydrogens (tertiary/aromatic N) is 3. The minimum Gasteiger partial charge on any atom is -0.409 e. The smallest absolute Gasteiger partial charge is 0.153 e. The van der Waals surface area contributed by atoms with Crippen molar-refractivity contribution in [3.05, 3.63) is 0 Å². The molecule has 1 saturated heterocycles. The lowest BCUT2D eigenvalue weighted by Crippen LogP contribution is -2.49. The molecular formula is C8H17FN4O. The Kier molecular flexibility index (Phi) is 4.61. The van der Waals surface area contributed by atoms with Crippen LogP contribution in [0.5, 0.6) is 0 Å². The molecule has 0 unspecified atom stereocenters. The zero-order valence-electron chi connectivity index (χ0n) is 8.19. The Morgan fingerprint density at radius 3 is 2.36 bits per heavy atom. The number of nitrogens with two attached hydrogens (primary N) is 1. The summed E-state index contributed by atoms with van der Waals surface area (Å²) >= 11 is 0. The summed E-state index contributed by atoms with van der Waals surface area (Å²) in [7, 11) is 0. The SMILES string of the molecule is NC(CN1CCN(CCF)CC1)=NO. The molecule has 0 aromatic carbocycles. The number of piperazine rings is 1. The van der Waals surface area contributed by atoms with Crippen molar-refractivity contribution in [2.45, 2.75) is 0 Å². The summed E-state index contributed by atoms with van der Waals surface area (Å²) in [5, 5.41) is 11.3. The van der Waals surface area contributed by atoms with Crippen molar-refractivity contribution in [1.82, 2.24) is 9.80 Å². The fourth-order valence-corrected chi connectivity index (χ4v) is 1.55. The maximum Gasteiger partial charge on any atom is 0.153 e. The van der Waals surface area contributed by atoms with Gasteiger partial charge in [0.15, 0.2) is 5.84 Å². The molecule has 0 aliphatic carbocycles. The lowest BCUT2D eigenvalue weighted by atomic mass is 10.3. The fraction of sp³-hybridized carbons (Fsp3) is 0.875. The van der Waals surface area contributed by atoms with E-state index in [9.17, 15) is 4.39 Å². The number of oxime groups is 1. The van der Waals surface area contributed by atoms with Gasteiger partial charge in [-0.3, -0.25) is 9.80 Å². The second-order valence-electron chi connectivity index (χ2n) is 3.40. The molecule has 82 valence electrons. The third-order valence-corrected chi connectivity index (χ3v) is 2.38. The molecule has 1 rings (SSSR count). The number of amidine groups is 1. The van der Waals surface area contributed by atoms with Gasteiger partial charge in [0.1, 0.15) is 6.67 Å². The standard InChI is InChI=1S/C8H17FN4O/c9-1-2-12-3-5-13(6-4-12)7-8(10)11-14/h14H,1-7H2,(H2,10,11). The van der Waals surface area contributed by atoms with E-state index in [1.54, 1.807) is 0 Å². The Hall–Kier alpha value is -0.880. The van der Waals surface area contributed by atoms with E-state index in [1.165, 1.54) is 0 Å². The first kappa shape index (κ1) is 11.2. The van der Waals surface area contributed by atoms with Crippen LogP contribution in [0.2, 0.25) is 0 Å². The molecule has 0 radical (unpaired) electrons. The van der Waals surface area contributed by atoms with E-state index in [4.69, 9.17) is 10.9 Å². The van der Waals surface area contributed by atoms with Crippen LogP contribution in [0, 0.1) is 0 Å². The quantitative estimate of drug-likeness (QED) is 0.275. The minimum atomic E-state index is -0.291. The molecule has 0 atom stereocenters. The largest absolute Gasteiger partial charge is 0.409 e. The Balaban J connectivity index is 2.22. The molecule has 0 amide bonds. The van der Waals surface area contributed by atoms with Gasteiger partial charge in [-0.2, -0.15) is 0 Å². The third kappa shape index (κ3) is 3.47. The van der Waals surface area contributed by atoms with Crippen molar-refractivity contribution in [3.8, 4) is 0 Å². The molecule has 1 heterocycles. The normalized spacial score (nSPS) is 21.4. The summed E-state index contributed by atoms with van der Waals surface area (Å²) < 4.78 is 12.0. The molecule has 3 N–H and O–H groups in total. The molecule has 1 fully saturated rings. The van der Waals surface area contributed by atoms with E-state index >= 15 is 0 Å². The average Bonchev–Trinajstić information content (AvgIpc) is 2.21. The zero-order chi connectivity index (χ0) is 10.4. The zero-order valence-corrected chi connectivity index (χ0v) is 8.19. The van der Waals surface area contributed by atoms with E-state index in [0.717, 1.165) is 26.2 Å². The van der Waals surface area contributed by atoms with E-state index in [-0.39, 0.29) is 12.5 Å². The van der Waals surface area contributed by atoms with Crippen molar-refractivity contribution < 1.29 is 9.60 Å². The van der Waals surface area contributed by atoms with Crippen LogP contribution in [-0.4, -0.2) is 66.8 Å². The summed E-state index contributed by atoms with van der Waals surface area (Å²) in [6, 6.07) is 0. The van der Waals surface area contributed by atoms with Crippen LogP contribution in [0.15, 0.2) is 5.16 Å². The van der Waals surface area contributed by atoms with Gasteiger partial charge >= 0.3 is 0 Å². The maximum atomic E-state index is 12.0. The van der Waals surface area contributed by atoms with Gasteiger partial charge in [0, 0.05) is 32.7 Å². The van der Waals surface area contributed by atoms with E-state index in [0.29, 0.717) is 13.1 Å². The summed E-state index contributed by atoms with van der Waals surface area (Å²) in [6.07, 6.45) is 0. The van der Waals surface area contributed by atoms with E-state index in [1.807, 2.05) is 0 Å². The van der Waals surface area contributed by atoms with Crippen LogP contribution in [-0.2, 0) is 0 Å². The Bertz CT molecular complexity index is 192. The highest BCUT2D eigenvalue weighted by molar-refractivity contribution is 5.81. The van der Waals surface area contributed by atoms with Gasteiger partial charge < -0.3 is 10.9 Å². The molecule has 0 spiro atoms. The molecule has 14 heavy (non-hydrogen) atoms. The van der Waals surface area contributed by atoms with Gasteiger partial charge in [0.2, 0.25) is 0 Å². The van der Waals surface area contributed by atoms with Crippen LogP contribution in [0.1, 0.15) is 0 Å². The lowest BCUT2D eigenvalue weighted by molar-refractivity contribution is 0.137. The lowest BCUT2D eigenvalue weighted by Gasteiger charge is -2.33. The molecule has 5 nitrogen and oxygen atoms in total. The Morgan fingerprint density at radius 1 is 1.29 bits per heavy atom. The van der Waals surface area contributed by atoms with E-state index in [2.05, 4.69) is 15.0 Å². The number of halogens is 1. The van der Waals surface area contributed by atoms with E-state index < -0.39 is 0 Å². The third-order valence-electron chi connectivity index (χ3n) is 2.38. The van der Waals surface area contributed by atoms with Crippen LogP contribution < -0.4 is 5.73 Å². The fourth-order valence-electron chi connectivity index (χ4n) is 1.55. The Morgan fingerprint density at radius 2 is 1.86 bits per heavy atom. The number of alkyl halides is 1. The number of rotatable bonds is 4. The molecule has 0 aromatic heterocycles. The van der Waals surface area contributed by atoms with Gasteiger partial charge in [-0.05, 0) is 0 Å². The Labute approximate surface area is 83.0 Å². The van der Waals surface area contributed by atoms with Crippen molar-refractivity contribution >= 4 is 5.84 Å². The van der Waals surface area contributed by atoms with Gasteiger partial charge in [-0.25, -0.2) is 4.39 Å². The highest BCUT2D eigenvalue weighted by Crippen LogP contribution is 2.00. The molecule has 1 aliphatic heterocycles. The predicted molar refractivity (Wildman–Crippen MR) is 52.3 cm³/mol. The second-order valence-corrected chi connectivity index (χ2v) is 3.40. The van der Waals surface area contributed by atoms with Crippen molar-refractivity contribution in [2.75, 3.05) is 45.9 Å². The maximum absolute atomic E-state index is 12.0. The summed E-state index contributed by atoms with van der Waals surface area (Å²) in [6.45, 7) is 4.09. The van der Waals surface area contributed by atoms with Crippen LogP contribution in [0.4, 0.5) is 4.39 Å². The summed E-state index contributed by atoms with van der Waals surface area (Å²) in [4.78, 5) is 4.16. The van der Waals surface area contributed by atoms with Crippen molar-refractivity contribution in [3.63, 3.8) is 0 Å². The van der Waals surface area contributed by atoms with Crippen LogP contribution >= 0.6 is 0 Å². The predicted octanol–water partition coefficient (Wildman–Crippen LogP) is -0.680. The van der Waals surface area contributed by atoms with Gasteiger partial charge in [-0.1, -0.05) is 5.16 Å². The molecule has 1 aliphatic rings. The number of hydrogen-bond donors (Lipinski definition) is 2. The average molecular weight is 204 g/mol. The minimum absolute atomic E-state index is 0.226. The van der Waals surface area contributed by atoms with Gasteiger partial charge in [-0.15, -0.1) is 0 Å². The summed E-state index contributed by atoms with van der Waals surface area (Å²) in [5.74, 6) is 0.226. The first-order valence-corrected chi connectivity index (χ1v) is 4.73. The highest BCUT2D eigenvalue weighted by Gasteiger charge is 2.16. The topological polar surface area (TPSA) is 65.1 Å². The second kappa shape index (κ2) is 5.77. The molecule has 6 heteroatoms. The first-order valence-electron chi connectivity index (χ1n) is 4.73. The van der Waals surface area contributed by atoms with Crippen molar-refractivity contribution in [2.24, 2.45) is 10.9 Å². The monoisotopic (exact) mass is 204 g/mol.